The Kier molecular flexibility index (Phi) is 9.63. The third-order valence-electron chi connectivity index (χ3n) is 9.20. The molecule has 1 heterocycles. The van der Waals surface area contributed by atoms with Crippen molar-refractivity contribution in [3.05, 3.63) is 72.4 Å². The highest BCUT2D eigenvalue weighted by atomic mass is 19.4. The van der Waals surface area contributed by atoms with Gasteiger partial charge in [0.2, 0.25) is 11.8 Å². The lowest BCUT2D eigenvalue weighted by Gasteiger charge is -2.51. The molecule has 250 valence electrons. The lowest BCUT2D eigenvalue weighted by molar-refractivity contribution is -0.166. The van der Waals surface area contributed by atoms with E-state index in [4.69, 9.17) is 0 Å². The van der Waals surface area contributed by atoms with Crippen molar-refractivity contribution in [2.75, 3.05) is 11.9 Å². The molecule has 4 N–H and O–H groups in total. The number of aliphatic hydroxyl groups is 1. The predicted octanol–water partition coefficient (Wildman–Crippen LogP) is 6.72. The second kappa shape index (κ2) is 13.3. The fourth-order valence-corrected chi connectivity index (χ4v) is 7.20. The van der Waals surface area contributed by atoms with E-state index in [0.29, 0.717) is 31.5 Å². The largest absolute Gasteiger partial charge is 0.465 e. The van der Waals surface area contributed by atoms with Crippen LogP contribution >= 0.6 is 0 Å². The normalized spacial score (nSPS) is 24.1. The molecular formula is C35H39F3N4O5. The fourth-order valence-electron chi connectivity index (χ4n) is 7.20. The number of hydrogen-bond donors (Lipinski definition) is 4. The summed E-state index contributed by atoms with van der Waals surface area (Å²) in [6.45, 7) is 1.57. The topological polar surface area (TPSA) is 132 Å². The summed E-state index contributed by atoms with van der Waals surface area (Å²) in [7, 11) is 0. The Morgan fingerprint density at radius 2 is 1.57 bits per heavy atom. The zero-order chi connectivity index (χ0) is 34.0. The van der Waals surface area contributed by atoms with Gasteiger partial charge in [0.05, 0.1) is 11.1 Å². The van der Waals surface area contributed by atoms with E-state index < -0.39 is 41.9 Å². The van der Waals surface area contributed by atoms with E-state index in [0.717, 1.165) is 39.6 Å². The number of rotatable bonds is 9. The van der Waals surface area contributed by atoms with Crippen molar-refractivity contribution in [1.82, 2.24) is 15.2 Å². The molecular weight excluding hydrogens is 613 g/mol. The third kappa shape index (κ3) is 8.29. The molecule has 12 heteroatoms. The van der Waals surface area contributed by atoms with Crippen LogP contribution in [0.1, 0.15) is 64.4 Å². The number of halogens is 3. The third-order valence-corrected chi connectivity index (χ3v) is 9.20. The van der Waals surface area contributed by atoms with Crippen molar-refractivity contribution in [2.45, 2.75) is 82.2 Å². The summed E-state index contributed by atoms with van der Waals surface area (Å²) in [6, 6.07) is 18.4. The van der Waals surface area contributed by atoms with Crippen LogP contribution in [0, 0.1) is 5.92 Å². The highest BCUT2D eigenvalue weighted by Crippen LogP contribution is 2.48. The van der Waals surface area contributed by atoms with Gasteiger partial charge in [-0.05, 0) is 66.8 Å². The van der Waals surface area contributed by atoms with Gasteiger partial charge in [-0.1, -0.05) is 54.6 Å². The number of carbonyl (C=O) groups is 3. The van der Waals surface area contributed by atoms with Gasteiger partial charge in [0.15, 0.2) is 0 Å². The first-order valence-corrected chi connectivity index (χ1v) is 15.7. The highest BCUT2D eigenvalue weighted by Gasteiger charge is 2.53. The summed E-state index contributed by atoms with van der Waals surface area (Å²) in [4.78, 5) is 41.9. The molecule has 2 aliphatic carbocycles. The molecule has 5 rings (SSSR count). The Balaban J connectivity index is 1.29. The van der Waals surface area contributed by atoms with Gasteiger partial charge in [0, 0.05) is 44.0 Å². The summed E-state index contributed by atoms with van der Waals surface area (Å²) < 4.78 is 39.0. The number of amides is 3. The van der Waals surface area contributed by atoms with Crippen molar-refractivity contribution < 1.29 is 37.8 Å². The molecule has 2 fully saturated rings. The number of nitrogens with one attached hydrogen (secondary N) is 2. The minimum absolute atomic E-state index is 0.0180. The van der Waals surface area contributed by atoms with Gasteiger partial charge in [-0.3, -0.25) is 9.59 Å². The summed E-state index contributed by atoms with van der Waals surface area (Å²) in [5.41, 5.74) is 2.26. The van der Waals surface area contributed by atoms with Crippen molar-refractivity contribution in [3.63, 3.8) is 0 Å². The second-order valence-electron chi connectivity index (χ2n) is 13.1. The number of pyridine rings is 1. The number of hydrogen-bond acceptors (Lipinski definition) is 5. The molecule has 2 aromatic carbocycles. The molecule has 2 aliphatic rings. The van der Waals surface area contributed by atoms with E-state index in [1.807, 2.05) is 54.6 Å². The van der Waals surface area contributed by atoms with Crippen molar-refractivity contribution in [3.8, 4) is 22.3 Å². The zero-order valence-electron chi connectivity index (χ0n) is 26.3. The number of carbonyl (C=O) groups excluding carboxylic acids is 2. The quantitative estimate of drug-likeness (QED) is 0.203. The Labute approximate surface area is 271 Å². The van der Waals surface area contributed by atoms with Gasteiger partial charge in [0.25, 0.3) is 0 Å². The second-order valence-corrected chi connectivity index (χ2v) is 13.1. The summed E-state index contributed by atoms with van der Waals surface area (Å²) in [6.07, 6.45) is -1.35. The maximum Gasteiger partial charge on any atom is 0.406 e. The van der Waals surface area contributed by atoms with E-state index in [1.54, 1.807) is 19.2 Å². The van der Waals surface area contributed by atoms with Crippen molar-refractivity contribution in [1.29, 1.82) is 0 Å². The molecule has 3 amide bonds. The molecule has 9 nitrogen and oxygen atoms in total. The standard InChI is InChI=1S/C35H39F3N4O5/c1-22(43)42(21-35(36,37)38)27-14-8-23(9-15-27)16-31(44)40-30-17-28(24-6-4-3-5-7-24)29(18-39-30)25-10-12-26(13-11-25)34(41-32(45)46)19-33(2,47)20-34/h3-7,10-13,17-18,23,27,41,47H,8-9,14-16,19-21H2,1-2H3,(H,45,46)(H,39,40,44)/t23-,27-,33?,34?. The van der Waals surface area contributed by atoms with Crippen LogP contribution < -0.4 is 10.6 Å². The van der Waals surface area contributed by atoms with Crippen LogP contribution in [0.2, 0.25) is 0 Å². The summed E-state index contributed by atoms with van der Waals surface area (Å²) in [5, 5.41) is 25.3. The predicted molar refractivity (Wildman–Crippen MR) is 170 cm³/mol. The monoisotopic (exact) mass is 652 g/mol. The lowest BCUT2D eigenvalue weighted by atomic mass is 9.62. The minimum atomic E-state index is -4.46. The van der Waals surface area contributed by atoms with Crippen LogP contribution in [0.5, 0.6) is 0 Å². The van der Waals surface area contributed by atoms with Crippen LogP contribution in [0.4, 0.5) is 23.8 Å². The van der Waals surface area contributed by atoms with Gasteiger partial charge < -0.3 is 25.7 Å². The van der Waals surface area contributed by atoms with Crippen LogP contribution in [-0.2, 0) is 15.1 Å². The number of aromatic nitrogens is 1. The first kappa shape index (κ1) is 33.9. The summed E-state index contributed by atoms with van der Waals surface area (Å²) in [5.74, 6) is -0.508. The van der Waals surface area contributed by atoms with Gasteiger partial charge in [-0.2, -0.15) is 13.2 Å². The molecule has 1 aromatic heterocycles. The highest BCUT2D eigenvalue weighted by molar-refractivity contribution is 5.92. The molecule has 0 unspecified atom stereocenters. The molecule has 0 spiro atoms. The van der Waals surface area contributed by atoms with Gasteiger partial charge in [-0.25, -0.2) is 9.78 Å². The van der Waals surface area contributed by atoms with Crippen LogP contribution in [-0.4, -0.2) is 62.4 Å². The van der Waals surface area contributed by atoms with E-state index in [-0.39, 0.29) is 31.1 Å². The van der Waals surface area contributed by atoms with Gasteiger partial charge >= 0.3 is 12.3 Å². The molecule has 0 radical (unpaired) electrons. The van der Waals surface area contributed by atoms with Gasteiger partial charge in [0.1, 0.15) is 12.4 Å². The van der Waals surface area contributed by atoms with Crippen molar-refractivity contribution >= 4 is 23.7 Å². The van der Waals surface area contributed by atoms with Gasteiger partial charge in [-0.15, -0.1) is 0 Å². The first-order chi connectivity index (χ1) is 22.1. The SMILES string of the molecule is CC(=O)N(CC(F)(F)F)[C@H]1CC[C@H](CC(=O)Nc2cc(-c3ccccc3)c(-c3ccc(C4(NC(=O)O)CC(C)(O)C4)cc3)cn2)CC1. The smallest absolute Gasteiger partial charge is 0.406 e. The Morgan fingerprint density at radius 1 is 0.957 bits per heavy atom. The maximum atomic E-state index is 13.1. The van der Waals surface area contributed by atoms with E-state index in [9.17, 15) is 37.8 Å². The molecule has 0 atom stereocenters. The lowest BCUT2D eigenvalue weighted by Crippen LogP contribution is -2.61. The average molecular weight is 653 g/mol. The van der Waals surface area contributed by atoms with E-state index in [2.05, 4.69) is 15.6 Å². The Hall–Kier alpha value is -4.45. The maximum absolute atomic E-state index is 13.1. The molecule has 0 bridgehead atoms. The fraction of sp³-hybridized carbons (Fsp3) is 0.429. The summed E-state index contributed by atoms with van der Waals surface area (Å²) >= 11 is 0. The molecule has 0 aliphatic heterocycles. The number of benzene rings is 2. The Morgan fingerprint density at radius 3 is 2.13 bits per heavy atom. The molecule has 47 heavy (non-hydrogen) atoms. The Bertz CT molecular complexity index is 1600. The number of nitrogens with zero attached hydrogens (tertiary/aromatic N) is 2. The van der Waals surface area contributed by atoms with Crippen LogP contribution in [0.3, 0.4) is 0 Å². The number of alkyl halides is 3. The number of anilines is 1. The minimum Gasteiger partial charge on any atom is -0.465 e. The molecule has 0 saturated heterocycles. The van der Waals surface area contributed by atoms with E-state index >= 15 is 0 Å². The first-order valence-electron chi connectivity index (χ1n) is 15.7. The van der Waals surface area contributed by atoms with E-state index in [1.165, 1.54) is 0 Å². The zero-order valence-corrected chi connectivity index (χ0v) is 26.3. The molecule has 3 aromatic rings. The van der Waals surface area contributed by atoms with Crippen LogP contribution in [0.25, 0.3) is 22.3 Å². The average Bonchev–Trinajstić information content (AvgIpc) is 2.99. The van der Waals surface area contributed by atoms with Crippen LogP contribution in [0.15, 0.2) is 66.9 Å². The number of carboxylic acid groups (broad SMARTS) is 1. The molecule has 2 saturated carbocycles. The van der Waals surface area contributed by atoms with Crippen molar-refractivity contribution in [2.24, 2.45) is 5.92 Å².